The van der Waals surface area contributed by atoms with Gasteiger partial charge in [0, 0.05) is 15.4 Å². The number of rotatable bonds is 4. The van der Waals surface area contributed by atoms with E-state index in [1.165, 1.54) is 11.3 Å². The van der Waals surface area contributed by atoms with Crippen molar-refractivity contribution in [3.05, 3.63) is 94.8 Å². The molecule has 122 valence electrons. The van der Waals surface area contributed by atoms with E-state index in [1.54, 1.807) is 11.3 Å². The number of para-hydroxylation sites is 2. The van der Waals surface area contributed by atoms with Crippen molar-refractivity contribution in [1.29, 1.82) is 0 Å². The zero-order valence-corrected chi connectivity index (χ0v) is 15.8. The van der Waals surface area contributed by atoms with Gasteiger partial charge in [-0.2, -0.15) is 4.57 Å². The molecule has 0 unspecified atom stereocenters. The minimum atomic E-state index is 1.08. The second kappa shape index (κ2) is 7.21. The fourth-order valence-electron chi connectivity index (χ4n) is 2.71. The maximum absolute atomic E-state index is 3.54. The standard InChI is InChI=1S/C21H15BrN2S/c22-17-13-11-16(12-14-17)20-15-25-21(23-18-7-3-1-4-8-18)24(20)19-9-5-2-6-10-19/h1-15H/p+1. The third kappa shape index (κ3) is 3.50. The van der Waals surface area contributed by atoms with Gasteiger partial charge in [0.2, 0.25) is 0 Å². The van der Waals surface area contributed by atoms with Crippen molar-refractivity contribution in [2.45, 2.75) is 0 Å². The third-order valence-corrected chi connectivity index (χ3v) is 5.28. The number of hydrogen-bond donors (Lipinski definition) is 1. The Bertz CT molecular complexity index is 964. The summed E-state index contributed by atoms with van der Waals surface area (Å²) in [6.45, 7) is 0. The van der Waals surface area contributed by atoms with Crippen LogP contribution in [0.15, 0.2) is 94.8 Å². The van der Waals surface area contributed by atoms with Gasteiger partial charge in [-0.3, -0.25) is 0 Å². The van der Waals surface area contributed by atoms with Gasteiger partial charge in [-0.15, -0.1) is 0 Å². The van der Waals surface area contributed by atoms with E-state index >= 15 is 0 Å². The maximum Gasteiger partial charge on any atom is 0.344 e. The average Bonchev–Trinajstić information content (AvgIpc) is 3.07. The molecule has 4 heteroatoms. The Hall–Kier alpha value is -2.43. The number of aromatic nitrogens is 1. The highest BCUT2D eigenvalue weighted by Crippen LogP contribution is 2.28. The predicted octanol–water partition coefficient (Wildman–Crippen LogP) is 6.20. The Morgan fingerprint density at radius 3 is 2.08 bits per heavy atom. The fraction of sp³-hybridized carbons (Fsp3) is 0. The van der Waals surface area contributed by atoms with Gasteiger partial charge in [0.25, 0.3) is 0 Å². The average molecular weight is 408 g/mol. The molecule has 4 aromatic rings. The molecule has 0 saturated heterocycles. The molecule has 3 aromatic carbocycles. The molecule has 2 nitrogen and oxygen atoms in total. The van der Waals surface area contributed by atoms with Crippen molar-refractivity contribution in [3.63, 3.8) is 0 Å². The Kier molecular flexibility index (Phi) is 4.63. The number of nitrogens with one attached hydrogen (secondary N) is 1. The van der Waals surface area contributed by atoms with Crippen LogP contribution in [0.1, 0.15) is 0 Å². The van der Waals surface area contributed by atoms with Crippen molar-refractivity contribution in [3.8, 4) is 16.9 Å². The third-order valence-electron chi connectivity index (χ3n) is 3.91. The number of anilines is 2. The van der Waals surface area contributed by atoms with Crippen LogP contribution in [-0.2, 0) is 0 Å². The topological polar surface area (TPSA) is 15.9 Å². The summed E-state index contributed by atoms with van der Waals surface area (Å²) >= 11 is 5.22. The lowest BCUT2D eigenvalue weighted by molar-refractivity contribution is -0.563. The van der Waals surface area contributed by atoms with Crippen molar-refractivity contribution in [2.75, 3.05) is 5.32 Å². The summed E-state index contributed by atoms with van der Waals surface area (Å²) in [7, 11) is 0. The number of hydrogen-bond acceptors (Lipinski definition) is 2. The Labute approximate surface area is 159 Å². The molecule has 1 N–H and O–H groups in total. The second-order valence-corrected chi connectivity index (χ2v) is 7.37. The smallest absolute Gasteiger partial charge is 0.231 e. The van der Waals surface area contributed by atoms with Gasteiger partial charge in [0.1, 0.15) is 11.4 Å². The van der Waals surface area contributed by atoms with Crippen LogP contribution in [0.25, 0.3) is 16.9 Å². The lowest BCUT2D eigenvalue weighted by Crippen LogP contribution is -2.33. The number of nitrogens with zero attached hydrogens (tertiary/aromatic N) is 1. The summed E-state index contributed by atoms with van der Waals surface area (Å²) in [5.41, 5.74) is 4.57. The zero-order chi connectivity index (χ0) is 17.1. The largest absolute Gasteiger partial charge is 0.344 e. The van der Waals surface area contributed by atoms with E-state index in [0.717, 1.165) is 21.0 Å². The molecule has 25 heavy (non-hydrogen) atoms. The molecule has 0 atom stereocenters. The van der Waals surface area contributed by atoms with Crippen molar-refractivity contribution in [1.82, 2.24) is 0 Å². The molecule has 0 saturated carbocycles. The van der Waals surface area contributed by atoms with Gasteiger partial charge in [0.05, 0.1) is 0 Å². The first kappa shape index (κ1) is 16.1. The van der Waals surface area contributed by atoms with Crippen LogP contribution in [0.2, 0.25) is 0 Å². The Morgan fingerprint density at radius 2 is 1.40 bits per heavy atom. The molecule has 0 radical (unpaired) electrons. The van der Waals surface area contributed by atoms with Gasteiger partial charge in [0.15, 0.2) is 5.69 Å². The zero-order valence-electron chi connectivity index (χ0n) is 13.4. The van der Waals surface area contributed by atoms with Gasteiger partial charge in [-0.05, 0) is 48.5 Å². The highest BCUT2D eigenvalue weighted by molar-refractivity contribution is 9.10. The second-order valence-electron chi connectivity index (χ2n) is 5.59. The predicted molar refractivity (Wildman–Crippen MR) is 109 cm³/mol. The molecule has 1 heterocycles. The minimum absolute atomic E-state index is 1.08. The molecule has 0 aliphatic heterocycles. The summed E-state index contributed by atoms with van der Waals surface area (Å²) < 4.78 is 3.35. The van der Waals surface area contributed by atoms with Gasteiger partial charge in [-0.1, -0.05) is 63.7 Å². The van der Waals surface area contributed by atoms with Crippen LogP contribution in [-0.4, -0.2) is 0 Å². The Balaban J connectivity index is 1.83. The fourth-order valence-corrected chi connectivity index (χ4v) is 3.92. The molecular formula is C21H16BrN2S+. The molecular weight excluding hydrogens is 392 g/mol. The van der Waals surface area contributed by atoms with Crippen LogP contribution in [0.5, 0.6) is 0 Å². The molecule has 0 bridgehead atoms. The van der Waals surface area contributed by atoms with Crippen molar-refractivity contribution >= 4 is 38.1 Å². The van der Waals surface area contributed by atoms with E-state index in [4.69, 9.17) is 0 Å². The number of thiazole rings is 1. The van der Waals surface area contributed by atoms with Gasteiger partial charge in [-0.25, -0.2) is 5.32 Å². The first-order valence-corrected chi connectivity index (χ1v) is 9.65. The van der Waals surface area contributed by atoms with Crippen LogP contribution in [0.3, 0.4) is 0 Å². The van der Waals surface area contributed by atoms with E-state index in [2.05, 4.69) is 91.9 Å². The highest BCUT2D eigenvalue weighted by atomic mass is 79.9. The van der Waals surface area contributed by atoms with Crippen LogP contribution in [0, 0.1) is 0 Å². The Morgan fingerprint density at radius 1 is 0.760 bits per heavy atom. The van der Waals surface area contributed by atoms with Crippen LogP contribution < -0.4 is 9.88 Å². The van der Waals surface area contributed by atoms with Gasteiger partial charge >= 0.3 is 5.13 Å². The number of halogens is 1. The summed E-state index contributed by atoms with van der Waals surface area (Å²) in [5.74, 6) is 0. The van der Waals surface area contributed by atoms with Crippen LogP contribution in [0.4, 0.5) is 10.8 Å². The van der Waals surface area contributed by atoms with E-state index in [0.29, 0.717) is 0 Å². The minimum Gasteiger partial charge on any atom is -0.231 e. The molecule has 1 aromatic heterocycles. The van der Waals surface area contributed by atoms with Gasteiger partial charge < -0.3 is 0 Å². The first-order chi connectivity index (χ1) is 12.3. The monoisotopic (exact) mass is 407 g/mol. The van der Waals surface area contributed by atoms with E-state index in [-0.39, 0.29) is 0 Å². The van der Waals surface area contributed by atoms with Crippen molar-refractivity contribution < 1.29 is 4.57 Å². The molecule has 0 aliphatic rings. The van der Waals surface area contributed by atoms with E-state index in [1.807, 2.05) is 24.3 Å². The van der Waals surface area contributed by atoms with Crippen molar-refractivity contribution in [2.24, 2.45) is 0 Å². The lowest BCUT2D eigenvalue weighted by atomic mass is 10.1. The number of benzene rings is 3. The highest BCUT2D eigenvalue weighted by Gasteiger charge is 2.21. The molecule has 0 fully saturated rings. The van der Waals surface area contributed by atoms with E-state index < -0.39 is 0 Å². The summed E-state index contributed by atoms with van der Waals surface area (Å²) in [6, 6.07) is 29.1. The first-order valence-electron chi connectivity index (χ1n) is 7.98. The maximum atomic E-state index is 3.54. The lowest BCUT2D eigenvalue weighted by Gasteiger charge is -2.06. The summed E-state index contributed by atoms with van der Waals surface area (Å²) in [6.07, 6.45) is 0. The molecule has 0 aliphatic carbocycles. The quantitative estimate of drug-likeness (QED) is 0.398. The summed E-state index contributed by atoms with van der Waals surface area (Å²) in [5, 5.41) is 6.82. The normalized spacial score (nSPS) is 10.6. The summed E-state index contributed by atoms with van der Waals surface area (Å²) in [4.78, 5) is 0. The van der Waals surface area contributed by atoms with E-state index in [9.17, 15) is 0 Å². The molecule has 0 spiro atoms. The molecule has 0 amide bonds. The molecule has 4 rings (SSSR count). The van der Waals surface area contributed by atoms with Crippen LogP contribution >= 0.6 is 27.3 Å². The SMILES string of the molecule is Brc1ccc(-c2csc(Nc3ccccc3)[n+]2-c2ccccc2)cc1.